The van der Waals surface area contributed by atoms with Crippen molar-refractivity contribution >= 4 is 17.7 Å². The monoisotopic (exact) mass is 478 g/mol. The van der Waals surface area contributed by atoms with Crippen LogP contribution in [-0.4, -0.2) is 27.9 Å². The summed E-state index contributed by atoms with van der Waals surface area (Å²) in [4.78, 5) is 37.4. The summed E-state index contributed by atoms with van der Waals surface area (Å²) in [7, 11) is 0. The highest BCUT2D eigenvalue weighted by molar-refractivity contribution is 5.90. The Morgan fingerprint density at radius 1 is 0.771 bits per heavy atom. The summed E-state index contributed by atoms with van der Waals surface area (Å²) in [5, 5.41) is 19.2. The van der Waals surface area contributed by atoms with Crippen LogP contribution in [0.2, 0.25) is 0 Å². The Labute approximate surface area is 208 Å². The van der Waals surface area contributed by atoms with Gasteiger partial charge in [-0.05, 0) is 105 Å². The van der Waals surface area contributed by atoms with E-state index < -0.39 is 17.4 Å². The fraction of sp³-hybridized carbons (Fsp3) is 0.633. The van der Waals surface area contributed by atoms with Crippen LogP contribution >= 0.6 is 0 Å². The summed E-state index contributed by atoms with van der Waals surface area (Å²) in [6, 6.07) is 0. The first-order valence-corrected chi connectivity index (χ1v) is 13.3. The smallest absolute Gasteiger partial charge is 0.331 e. The number of allylic oxidation sites excluding steroid dienone is 2. The van der Waals surface area contributed by atoms with Crippen molar-refractivity contribution in [1.29, 1.82) is 0 Å². The average molecular weight is 479 g/mol. The van der Waals surface area contributed by atoms with Crippen LogP contribution in [-0.2, 0) is 14.4 Å². The Morgan fingerprint density at radius 2 is 1.34 bits per heavy atom. The summed E-state index contributed by atoms with van der Waals surface area (Å²) in [5.41, 5.74) is 2.48. The molecule has 5 rings (SSSR count). The number of carboxylic acid groups (broad SMARTS) is 2. The third-order valence-corrected chi connectivity index (χ3v) is 11.0. The highest BCUT2D eigenvalue weighted by Crippen LogP contribution is 2.70. The van der Waals surface area contributed by atoms with Crippen LogP contribution in [0.5, 0.6) is 0 Å². The normalized spacial score (nSPS) is 42.7. The first kappa shape index (κ1) is 24.3. The van der Waals surface area contributed by atoms with Gasteiger partial charge in [-0.25, -0.2) is 9.59 Å². The van der Waals surface area contributed by atoms with Crippen molar-refractivity contribution < 1.29 is 24.6 Å². The van der Waals surface area contributed by atoms with Crippen LogP contribution in [0.3, 0.4) is 0 Å². The largest absolute Gasteiger partial charge is 0.478 e. The van der Waals surface area contributed by atoms with E-state index in [1.165, 1.54) is 5.57 Å². The number of carbonyl (C=O) groups excluding carboxylic acids is 1. The molecule has 5 heteroatoms. The first-order valence-electron chi connectivity index (χ1n) is 13.3. The number of aliphatic carboxylic acids is 2. The predicted octanol–water partition coefficient (Wildman–Crippen LogP) is 5.83. The van der Waals surface area contributed by atoms with Crippen molar-refractivity contribution in [2.75, 3.05) is 0 Å². The van der Waals surface area contributed by atoms with E-state index in [9.17, 15) is 24.6 Å². The molecule has 9 atom stereocenters. The summed E-state index contributed by atoms with van der Waals surface area (Å²) < 4.78 is 0. The summed E-state index contributed by atoms with van der Waals surface area (Å²) in [5.74, 6) is -0.0525. The van der Waals surface area contributed by atoms with E-state index in [4.69, 9.17) is 0 Å². The minimum atomic E-state index is -0.939. The van der Waals surface area contributed by atoms with Crippen LogP contribution in [0, 0.1) is 52.8 Å². The van der Waals surface area contributed by atoms with Gasteiger partial charge in [-0.3, -0.25) is 4.79 Å². The molecule has 7 unspecified atom stereocenters. The molecule has 0 radical (unpaired) electrons. The van der Waals surface area contributed by atoms with E-state index in [0.29, 0.717) is 42.0 Å². The molecule has 5 aliphatic carbocycles. The van der Waals surface area contributed by atoms with Gasteiger partial charge >= 0.3 is 11.9 Å². The van der Waals surface area contributed by atoms with Gasteiger partial charge in [0.2, 0.25) is 0 Å². The molecule has 0 bridgehead atoms. The topological polar surface area (TPSA) is 91.7 Å². The van der Waals surface area contributed by atoms with Gasteiger partial charge in [0.15, 0.2) is 0 Å². The Morgan fingerprint density at radius 3 is 1.94 bits per heavy atom. The highest BCUT2D eigenvalue weighted by atomic mass is 16.4. The van der Waals surface area contributed by atoms with Crippen LogP contribution in [0.4, 0.5) is 0 Å². The second-order valence-corrected chi connectivity index (χ2v) is 12.1. The van der Waals surface area contributed by atoms with E-state index in [0.717, 1.165) is 56.9 Å². The number of rotatable bonds is 4. The molecule has 5 aliphatic rings. The molecule has 0 saturated heterocycles. The van der Waals surface area contributed by atoms with E-state index in [-0.39, 0.29) is 35.2 Å². The Bertz CT molecular complexity index is 1040. The predicted molar refractivity (Wildman–Crippen MR) is 133 cm³/mol. The number of Topliss-reactive ketones (excluding diaryl/α,β-unsaturated/α-hetero) is 1. The SMILES string of the molecule is C=C(C(=O)O)C1CCC(=C)C2CC3[C@H](CC[C@]34C(=O)CC3C(=C)CCC(C(=C)C(=O)O)CC34)C2C1. The van der Waals surface area contributed by atoms with Gasteiger partial charge in [-0.1, -0.05) is 37.5 Å². The van der Waals surface area contributed by atoms with Crippen molar-refractivity contribution in [2.45, 2.75) is 64.2 Å². The average Bonchev–Trinajstić information content (AvgIpc) is 3.37. The van der Waals surface area contributed by atoms with Crippen molar-refractivity contribution in [3.05, 3.63) is 48.6 Å². The molecule has 2 N–H and O–H groups in total. The van der Waals surface area contributed by atoms with Gasteiger partial charge in [0.05, 0.1) is 0 Å². The van der Waals surface area contributed by atoms with E-state index in [1.807, 2.05) is 0 Å². The van der Waals surface area contributed by atoms with Gasteiger partial charge in [-0.15, -0.1) is 0 Å². The third-order valence-electron chi connectivity index (χ3n) is 11.0. The maximum absolute atomic E-state index is 13.9. The Balaban J connectivity index is 1.48. The lowest BCUT2D eigenvalue weighted by Crippen LogP contribution is -2.39. The van der Waals surface area contributed by atoms with Crippen molar-refractivity contribution in [3.63, 3.8) is 0 Å². The molecule has 0 aromatic heterocycles. The number of carboxylic acids is 2. The lowest BCUT2D eigenvalue weighted by atomic mass is 9.63. The minimum Gasteiger partial charge on any atom is -0.478 e. The maximum atomic E-state index is 13.9. The summed E-state index contributed by atoms with van der Waals surface area (Å²) in [6.45, 7) is 16.6. The molecule has 0 aromatic rings. The van der Waals surface area contributed by atoms with Crippen molar-refractivity contribution in [1.82, 2.24) is 0 Å². The zero-order valence-electron chi connectivity index (χ0n) is 20.6. The molecule has 0 aromatic carbocycles. The molecule has 0 aliphatic heterocycles. The Hall–Kier alpha value is -2.43. The fourth-order valence-electron chi connectivity index (χ4n) is 9.28. The summed E-state index contributed by atoms with van der Waals surface area (Å²) in [6.07, 6.45) is 7.98. The number of hydrogen-bond donors (Lipinski definition) is 2. The standard InChI is InChI=1S/C30H38O5/c1-15-5-7-19(17(3)28(32)33)11-24-21-9-10-30(26(21)13-22(15)24)25-12-20(18(4)29(34)35)8-6-16(2)23(25)14-27(30)31/h19-26H,1-14H2,(H,32,33)(H,34,35)/t19?,20?,21-,22?,23?,24?,25?,26?,30-/m1/s1. The molecule has 188 valence electrons. The number of hydrogen-bond acceptors (Lipinski definition) is 3. The highest BCUT2D eigenvalue weighted by Gasteiger charge is 2.67. The number of fused-ring (bicyclic) bond motifs is 6. The molecule has 1 spiro atoms. The zero-order chi connectivity index (χ0) is 25.2. The van der Waals surface area contributed by atoms with Crippen molar-refractivity contribution in [2.24, 2.45) is 52.8 Å². The second kappa shape index (κ2) is 8.60. The quantitative estimate of drug-likeness (QED) is 0.392. The third kappa shape index (κ3) is 3.60. The molecule has 0 amide bonds. The van der Waals surface area contributed by atoms with Crippen LogP contribution < -0.4 is 0 Å². The molecule has 5 fully saturated rings. The Kier molecular flexibility index (Phi) is 5.96. The van der Waals surface area contributed by atoms with Gasteiger partial charge < -0.3 is 10.2 Å². The van der Waals surface area contributed by atoms with Gasteiger partial charge in [0.25, 0.3) is 0 Å². The molecule has 5 saturated carbocycles. The minimum absolute atomic E-state index is 0.0393. The number of carbonyl (C=O) groups is 3. The summed E-state index contributed by atoms with van der Waals surface area (Å²) >= 11 is 0. The molecule has 35 heavy (non-hydrogen) atoms. The first-order chi connectivity index (χ1) is 16.6. The van der Waals surface area contributed by atoms with Crippen LogP contribution in [0.25, 0.3) is 0 Å². The molecular formula is C30H38O5. The van der Waals surface area contributed by atoms with Gasteiger partial charge in [-0.2, -0.15) is 0 Å². The second-order valence-electron chi connectivity index (χ2n) is 12.1. The van der Waals surface area contributed by atoms with E-state index >= 15 is 0 Å². The van der Waals surface area contributed by atoms with Crippen molar-refractivity contribution in [3.8, 4) is 0 Å². The maximum Gasteiger partial charge on any atom is 0.331 e. The lowest BCUT2D eigenvalue weighted by Gasteiger charge is -2.39. The fourth-order valence-corrected chi connectivity index (χ4v) is 9.28. The molecular weight excluding hydrogens is 440 g/mol. The zero-order valence-corrected chi connectivity index (χ0v) is 20.6. The number of ketones is 1. The van der Waals surface area contributed by atoms with Crippen LogP contribution in [0.1, 0.15) is 64.2 Å². The van der Waals surface area contributed by atoms with Gasteiger partial charge in [0.1, 0.15) is 5.78 Å². The van der Waals surface area contributed by atoms with E-state index in [1.54, 1.807) is 0 Å². The molecule has 5 nitrogen and oxygen atoms in total. The van der Waals surface area contributed by atoms with Crippen LogP contribution in [0.15, 0.2) is 48.6 Å². The van der Waals surface area contributed by atoms with Gasteiger partial charge in [0, 0.05) is 23.0 Å². The lowest BCUT2D eigenvalue weighted by molar-refractivity contribution is -0.134. The van der Waals surface area contributed by atoms with E-state index in [2.05, 4.69) is 26.3 Å². The molecule has 0 heterocycles.